The van der Waals surface area contributed by atoms with Crippen LogP contribution in [-0.2, 0) is 0 Å². The summed E-state index contributed by atoms with van der Waals surface area (Å²) in [7, 11) is 1.73. The van der Waals surface area contributed by atoms with Crippen molar-refractivity contribution in [3.63, 3.8) is 0 Å². The zero-order valence-corrected chi connectivity index (χ0v) is 12.6. The number of anilines is 3. The van der Waals surface area contributed by atoms with Crippen molar-refractivity contribution >= 4 is 40.5 Å². The number of hydrogen-bond acceptors (Lipinski definition) is 3. The topological polar surface area (TPSA) is 28.2 Å². The Kier molecular flexibility index (Phi) is 4.68. The lowest BCUT2D eigenvalue weighted by atomic mass is 10.2. The first-order valence-electron chi connectivity index (χ1n) is 6.13. The largest absolute Gasteiger partial charge is 0.372 e. The molecule has 0 aliphatic heterocycles. The van der Waals surface area contributed by atoms with Crippen molar-refractivity contribution in [3.05, 3.63) is 46.2 Å². The molecule has 6 heteroatoms. The summed E-state index contributed by atoms with van der Waals surface area (Å²) in [5.74, 6) is 0.759. The molecule has 0 aliphatic carbocycles. The molecule has 0 saturated heterocycles. The number of aromatic nitrogens is 1. The Hall–Kier alpha value is -1.52. The maximum Gasteiger partial charge on any atom is 0.154 e. The Morgan fingerprint density at radius 3 is 2.60 bits per heavy atom. The summed E-state index contributed by atoms with van der Waals surface area (Å²) in [6, 6.07) is 7.91. The molecule has 0 fully saturated rings. The molecule has 3 nitrogen and oxygen atoms in total. The van der Waals surface area contributed by atoms with Gasteiger partial charge in [0.1, 0.15) is 11.6 Å². The summed E-state index contributed by atoms with van der Waals surface area (Å²) >= 11 is 12.2. The molecule has 1 heterocycles. The molecular weight excluding hydrogens is 300 g/mol. The van der Waals surface area contributed by atoms with Crippen LogP contribution in [0, 0.1) is 5.82 Å². The average molecular weight is 314 g/mol. The third kappa shape index (κ3) is 2.97. The maximum absolute atomic E-state index is 13.4. The molecule has 0 atom stereocenters. The van der Waals surface area contributed by atoms with Crippen molar-refractivity contribution in [2.45, 2.75) is 6.92 Å². The standard InChI is InChI=1S/C14H14Cl2FN3/c1-3-20(10-6-4-5-9(17)7-10)14-12(16)8-11(15)13(18-2)19-14/h4-8H,3H2,1-2H3,(H,18,19). The Morgan fingerprint density at radius 2 is 2.00 bits per heavy atom. The molecule has 2 rings (SSSR count). The van der Waals surface area contributed by atoms with Crippen LogP contribution < -0.4 is 10.2 Å². The fraction of sp³-hybridized carbons (Fsp3) is 0.214. The van der Waals surface area contributed by atoms with Crippen LogP contribution in [0.25, 0.3) is 0 Å². The van der Waals surface area contributed by atoms with Crippen molar-refractivity contribution in [2.75, 3.05) is 23.8 Å². The van der Waals surface area contributed by atoms with Crippen LogP contribution in [0.4, 0.5) is 21.7 Å². The maximum atomic E-state index is 13.4. The van der Waals surface area contributed by atoms with Gasteiger partial charge in [-0.1, -0.05) is 29.3 Å². The second-order valence-corrected chi connectivity index (χ2v) is 4.91. The summed E-state index contributed by atoms with van der Waals surface area (Å²) in [5.41, 5.74) is 0.686. The Bertz CT molecular complexity index is 619. The Morgan fingerprint density at radius 1 is 1.25 bits per heavy atom. The van der Waals surface area contributed by atoms with Crippen molar-refractivity contribution < 1.29 is 4.39 Å². The minimum absolute atomic E-state index is 0.306. The van der Waals surface area contributed by atoms with Gasteiger partial charge in [0.05, 0.1) is 10.0 Å². The molecule has 20 heavy (non-hydrogen) atoms. The van der Waals surface area contributed by atoms with E-state index in [4.69, 9.17) is 23.2 Å². The highest BCUT2D eigenvalue weighted by molar-refractivity contribution is 6.37. The van der Waals surface area contributed by atoms with Crippen LogP contribution in [0.2, 0.25) is 10.0 Å². The molecule has 0 aliphatic rings. The number of benzene rings is 1. The van der Waals surface area contributed by atoms with Gasteiger partial charge in [-0.3, -0.25) is 0 Å². The van der Waals surface area contributed by atoms with Gasteiger partial charge in [-0.2, -0.15) is 0 Å². The number of rotatable bonds is 4. The fourth-order valence-electron chi connectivity index (χ4n) is 1.92. The van der Waals surface area contributed by atoms with E-state index in [1.54, 1.807) is 25.2 Å². The lowest BCUT2D eigenvalue weighted by Crippen LogP contribution is -2.18. The lowest BCUT2D eigenvalue weighted by molar-refractivity contribution is 0.627. The van der Waals surface area contributed by atoms with Gasteiger partial charge in [0.15, 0.2) is 5.82 Å². The first-order valence-corrected chi connectivity index (χ1v) is 6.89. The molecule has 0 amide bonds. The Labute approximate surface area is 127 Å². The van der Waals surface area contributed by atoms with Gasteiger partial charge < -0.3 is 10.2 Å². The monoisotopic (exact) mass is 313 g/mol. The van der Waals surface area contributed by atoms with Crippen molar-refractivity contribution in [1.29, 1.82) is 0 Å². The number of hydrogen-bond donors (Lipinski definition) is 1. The number of halogens is 3. The summed E-state index contributed by atoms with van der Waals surface area (Å²) in [5, 5.41) is 3.76. The van der Waals surface area contributed by atoms with E-state index in [9.17, 15) is 4.39 Å². The molecular formula is C14H14Cl2FN3. The normalized spacial score (nSPS) is 10.4. The smallest absolute Gasteiger partial charge is 0.154 e. The van der Waals surface area contributed by atoms with Crippen LogP contribution in [-0.4, -0.2) is 18.6 Å². The molecule has 0 spiro atoms. The van der Waals surface area contributed by atoms with Gasteiger partial charge in [-0.15, -0.1) is 0 Å². The molecule has 106 valence electrons. The molecule has 1 aromatic heterocycles. The first-order chi connectivity index (χ1) is 9.56. The first kappa shape index (κ1) is 14.9. The van der Waals surface area contributed by atoms with Crippen molar-refractivity contribution in [3.8, 4) is 0 Å². The minimum atomic E-state index is -0.306. The highest BCUT2D eigenvalue weighted by atomic mass is 35.5. The van der Waals surface area contributed by atoms with Crippen LogP contribution in [0.3, 0.4) is 0 Å². The third-order valence-electron chi connectivity index (χ3n) is 2.84. The van der Waals surface area contributed by atoms with Gasteiger partial charge in [-0.05, 0) is 31.2 Å². The third-order valence-corrected chi connectivity index (χ3v) is 3.41. The predicted octanol–water partition coefficient (Wildman–Crippen LogP) is 4.73. The summed E-state index contributed by atoms with van der Waals surface area (Å²) in [6.45, 7) is 2.54. The van der Waals surface area contributed by atoms with Gasteiger partial charge in [0.2, 0.25) is 0 Å². The molecule has 2 aromatic rings. The lowest BCUT2D eigenvalue weighted by Gasteiger charge is -2.24. The summed E-state index contributed by atoms with van der Waals surface area (Å²) in [4.78, 5) is 6.22. The second kappa shape index (κ2) is 6.29. The van der Waals surface area contributed by atoms with Crippen LogP contribution in [0.5, 0.6) is 0 Å². The zero-order valence-electron chi connectivity index (χ0n) is 11.1. The minimum Gasteiger partial charge on any atom is -0.372 e. The van der Waals surface area contributed by atoms with Gasteiger partial charge in [0.25, 0.3) is 0 Å². The van der Waals surface area contributed by atoms with Crippen molar-refractivity contribution in [1.82, 2.24) is 4.98 Å². The molecule has 1 N–H and O–H groups in total. The Balaban J connectivity index is 2.52. The van der Waals surface area contributed by atoms with Crippen LogP contribution in [0.15, 0.2) is 30.3 Å². The average Bonchev–Trinajstić information content (AvgIpc) is 2.42. The summed E-state index contributed by atoms with van der Waals surface area (Å²) < 4.78 is 13.4. The van der Waals surface area contributed by atoms with E-state index < -0.39 is 0 Å². The van der Waals surface area contributed by atoms with Crippen molar-refractivity contribution in [2.24, 2.45) is 0 Å². The quantitative estimate of drug-likeness (QED) is 0.884. The van der Waals surface area contributed by atoms with E-state index in [1.165, 1.54) is 12.1 Å². The van der Waals surface area contributed by atoms with E-state index in [1.807, 2.05) is 11.8 Å². The van der Waals surface area contributed by atoms with Gasteiger partial charge in [-0.25, -0.2) is 9.37 Å². The number of nitrogens with zero attached hydrogens (tertiary/aromatic N) is 2. The fourth-order valence-corrected chi connectivity index (χ4v) is 2.48. The van der Waals surface area contributed by atoms with E-state index in [2.05, 4.69) is 10.3 Å². The van der Waals surface area contributed by atoms with E-state index in [-0.39, 0.29) is 5.82 Å². The van der Waals surface area contributed by atoms with E-state index in [0.29, 0.717) is 33.9 Å². The zero-order chi connectivity index (χ0) is 14.7. The van der Waals surface area contributed by atoms with Crippen LogP contribution >= 0.6 is 23.2 Å². The highest BCUT2D eigenvalue weighted by Gasteiger charge is 2.16. The molecule has 0 radical (unpaired) electrons. The SMILES string of the molecule is CCN(c1cccc(F)c1)c1nc(NC)c(Cl)cc1Cl. The number of nitrogens with one attached hydrogen (secondary N) is 1. The molecule has 0 saturated carbocycles. The highest BCUT2D eigenvalue weighted by Crippen LogP contribution is 2.34. The molecule has 0 unspecified atom stereocenters. The van der Waals surface area contributed by atoms with Crippen LogP contribution in [0.1, 0.15) is 6.92 Å². The predicted molar refractivity (Wildman–Crippen MR) is 82.9 cm³/mol. The second-order valence-electron chi connectivity index (χ2n) is 4.10. The summed E-state index contributed by atoms with van der Waals surface area (Å²) in [6.07, 6.45) is 0. The van der Waals surface area contributed by atoms with Gasteiger partial charge in [0, 0.05) is 19.3 Å². The van der Waals surface area contributed by atoms with Gasteiger partial charge >= 0.3 is 0 Å². The number of pyridine rings is 1. The van der Waals surface area contributed by atoms with E-state index >= 15 is 0 Å². The molecule has 0 bridgehead atoms. The molecule has 1 aromatic carbocycles. The van der Waals surface area contributed by atoms with E-state index in [0.717, 1.165) is 0 Å².